The van der Waals surface area contributed by atoms with E-state index in [0.29, 0.717) is 29.9 Å². The van der Waals surface area contributed by atoms with E-state index in [1.807, 2.05) is 19.9 Å². The molecule has 0 radical (unpaired) electrons. The summed E-state index contributed by atoms with van der Waals surface area (Å²) in [6, 6.07) is 3.64. The van der Waals surface area contributed by atoms with Crippen molar-refractivity contribution in [2.45, 2.75) is 39.2 Å². The molecule has 116 valence electrons. The maximum atomic E-state index is 12.5. The monoisotopic (exact) mass is 292 g/mol. The Hall–Kier alpha value is -1.55. The highest BCUT2D eigenvalue weighted by atomic mass is 16.5. The van der Waals surface area contributed by atoms with Gasteiger partial charge < -0.3 is 14.2 Å². The van der Waals surface area contributed by atoms with Gasteiger partial charge in [0.2, 0.25) is 0 Å². The molecule has 0 unspecified atom stereocenters. The van der Waals surface area contributed by atoms with Crippen LogP contribution in [0.3, 0.4) is 0 Å². The zero-order chi connectivity index (χ0) is 15.4. The summed E-state index contributed by atoms with van der Waals surface area (Å²) in [6.07, 6.45) is 2.91. The fourth-order valence-corrected chi connectivity index (χ4v) is 2.87. The number of carbonyl (C=O) groups is 1. The predicted octanol–water partition coefficient (Wildman–Crippen LogP) is 3.40. The molecule has 0 saturated heterocycles. The van der Waals surface area contributed by atoms with E-state index in [1.165, 1.54) is 0 Å². The minimum Gasteiger partial charge on any atom is -0.493 e. The molecule has 2 rings (SSSR count). The topological polar surface area (TPSA) is 44.8 Å². The quantitative estimate of drug-likeness (QED) is 0.723. The molecule has 21 heavy (non-hydrogen) atoms. The summed E-state index contributed by atoms with van der Waals surface area (Å²) >= 11 is 0. The van der Waals surface area contributed by atoms with Crippen molar-refractivity contribution in [3.63, 3.8) is 0 Å². The van der Waals surface area contributed by atoms with Gasteiger partial charge in [-0.2, -0.15) is 0 Å². The van der Waals surface area contributed by atoms with Gasteiger partial charge in [-0.05, 0) is 50.3 Å². The molecule has 4 heteroatoms. The fraction of sp³-hybridized carbons (Fsp3) is 0.588. The lowest BCUT2D eigenvalue weighted by Gasteiger charge is -2.34. The lowest BCUT2D eigenvalue weighted by molar-refractivity contribution is -0.0246. The molecule has 0 aliphatic heterocycles. The first-order chi connectivity index (χ1) is 10.1. The first-order valence-electron chi connectivity index (χ1n) is 7.46. The Bertz CT molecular complexity index is 504. The molecular formula is C17H24O4. The highest BCUT2D eigenvalue weighted by Gasteiger charge is 2.31. The molecule has 0 spiro atoms. The van der Waals surface area contributed by atoms with Gasteiger partial charge in [0, 0.05) is 18.6 Å². The van der Waals surface area contributed by atoms with E-state index < -0.39 is 0 Å². The van der Waals surface area contributed by atoms with Crippen LogP contribution in [0, 0.1) is 12.8 Å². The molecule has 1 saturated carbocycles. The molecule has 0 atom stereocenters. The maximum absolute atomic E-state index is 12.5. The van der Waals surface area contributed by atoms with Crippen molar-refractivity contribution in [1.29, 1.82) is 0 Å². The summed E-state index contributed by atoms with van der Waals surface area (Å²) in [4.78, 5) is 12.5. The van der Waals surface area contributed by atoms with Gasteiger partial charge in [0.05, 0.1) is 20.3 Å². The SMILES string of the molecule is CCOC1CC(CC(=O)c2cc(OC)c(OC)cc2C)C1. The third-order valence-electron chi connectivity index (χ3n) is 4.10. The van der Waals surface area contributed by atoms with Gasteiger partial charge in [-0.1, -0.05) is 0 Å². The van der Waals surface area contributed by atoms with Crippen molar-refractivity contribution in [1.82, 2.24) is 0 Å². The van der Waals surface area contributed by atoms with Crippen LogP contribution in [-0.4, -0.2) is 32.7 Å². The third kappa shape index (κ3) is 3.56. The summed E-state index contributed by atoms with van der Waals surface area (Å²) in [5, 5.41) is 0. The highest BCUT2D eigenvalue weighted by molar-refractivity contribution is 5.98. The molecule has 4 nitrogen and oxygen atoms in total. The number of carbonyl (C=O) groups excluding carboxylic acids is 1. The number of hydrogen-bond acceptors (Lipinski definition) is 4. The molecule has 1 aromatic rings. The third-order valence-corrected chi connectivity index (χ3v) is 4.10. The molecule has 1 fully saturated rings. The van der Waals surface area contributed by atoms with E-state index in [-0.39, 0.29) is 5.78 Å². The number of ether oxygens (including phenoxy) is 3. The van der Waals surface area contributed by atoms with E-state index >= 15 is 0 Å². The summed E-state index contributed by atoms with van der Waals surface area (Å²) in [7, 11) is 3.18. The largest absolute Gasteiger partial charge is 0.493 e. The highest BCUT2D eigenvalue weighted by Crippen LogP contribution is 2.35. The van der Waals surface area contributed by atoms with Crippen LogP contribution >= 0.6 is 0 Å². The molecule has 0 heterocycles. The van der Waals surface area contributed by atoms with Crippen LogP contribution in [0.25, 0.3) is 0 Å². The van der Waals surface area contributed by atoms with Crippen molar-refractivity contribution in [3.05, 3.63) is 23.3 Å². The minimum atomic E-state index is 0.174. The Kier molecular flexibility index (Phi) is 5.23. The van der Waals surface area contributed by atoms with Gasteiger partial charge >= 0.3 is 0 Å². The van der Waals surface area contributed by atoms with Gasteiger partial charge in [-0.15, -0.1) is 0 Å². The molecule has 0 aromatic heterocycles. The standard InChI is InChI=1S/C17H24O4/c1-5-21-13-7-12(8-13)9-15(18)14-10-17(20-4)16(19-3)6-11(14)2/h6,10,12-13H,5,7-9H2,1-4H3. The Morgan fingerprint density at radius 1 is 1.19 bits per heavy atom. The van der Waals surface area contributed by atoms with E-state index in [4.69, 9.17) is 14.2 Å². The van der Waals surface area contributed by atoms with Crippen LogP contribution in [0.1, 0.15) is 42.1 Å². The number of hydrogen-bond donors (Lipinski definition) is 0. The zero-order valence-corrected chi connectivity index (χ0v) is 13.3. The normalized spacial score (nSPS) is 20.8. The molecule has 0 N–H and O–H groups in total. The van der Waals surface area contributed by atoms with Crippen LogP contribution in [0.2, 0.25) is 0 Å². The summed E-state index contributed by atoms with van der Waals surface area (Å²) in [5.74, 6) is 1.88. The summed E-state index contributed by atoms with van der Waals surface area (Å²) in [6.45, 7) is 4.69. The summed E-state index contributed by atoms with van der Waals surface area (Å²) < 4.78 is 16.1. The number of Topliss-reactive ketones (excluding diaryl/α,β-unsaturated/α-hetero) is 1. The van der Waals surface area contributed by atoms with Crippen molar-refractivity contribution in [3.8, 4) is 11.5 Å². The molecule has 0 amide bonds. The lowest BCUT2D eigenvalue weighted by Crippen LogP contribution is -2.32. The smallest absolute Gasteiger partial charge is 0.163 e. The van der Waals surface area contributed by atoms with Crippen molar-refractivity contribution >= 4 is 5.78 Å². The zero-order valence-electron chi connectivity index (χ0n) is 13.3. The second-order valence-electron chi connectivity index (χ2n) is 5.56. The van der Waals surface area contributed by atoms with Crippen LogP contribution in [0.4, 0.5) is 0 Å². The Labute approximate surface area is 126 Å². The maximum Gasteiger partial charge on any atom is 0.163 e. The fourth-order valence-electron chi connectivity index (χ4n) is 2.87. The second-order valence-corrected chi connectivity index (χ2v) is 5.56. The van der Waals surface area contributed by atoms with E-state index in [2.05, 4.69) is 0 Å². The first kappa shape index (κ1) is 15.8. The number of rotatable bonds is 7. The van der Waals surface area contributed by atoms with Gasteiger partial charge in [0.25, 0.3) is 0 Å². The average Bonchev–Trinajstić information content (AvgIpc) is 2.44. The Balaban J connectivity index is 2.03. The van der Waals surface area contributed by atoms with E-state index in [0.717, 1.165) is 30.6 Å². The second kappa shape index (κ2) is 6.94. The van der Waals surface area contributed by atoms with Gasteiger partial charge in [0.1, 0.15) is 0 Å². The number of aryl methyl sites for hydroxylation is 1. The number of methoxy groups -OCH3 is 2. The summed E-state index contributed by atoms with van der Waals surface area (Å²) in [5.41, 5.74) is 1.66. The van der Waals surface area contributed by atoms with Crippen molar-refractivity contribution in [2.24, 2.45) is 5.92 Å². The van der Waals surface area contributed by atoms with Crippen LogP contribution in [-0.2, 0) is 4.74 Å². The molecule has 1 aromatic carbocycles. The van der Waals surface area contributed by atoms with E-state index in [1.54, 1.807) is 20.3 Å². The predicted molar refractivity (Wildman–Crippen MR) is 81.4 cm³/mol. The van der Waals surface area contributed by atoms with Gasteiger partial charge in [-0.3, -0.25) is 4.79 Å². The van der Waals surface area contributed by atoms with Gasteiger partial charge in [0.15, 0.2) is 17.3 Å². The van der Waals surface area contributed by atoms with Gasteiger partial charge in [-0.25, -0.2) is 0 Å². The minimum absolute atomic E-state index is 0.174. The first-order valence-corrected chi connectivity index (χ1v) is 7.46. The Morgan fingerprint density at radius 3 is 2.38 bits per heavy atom. The molecular weight excluding hydrogens is 268 g/mol. The van der Waals surface area contributed by atoms with Crippen LogP contribution in [0.15, 0.2) is 12.1 Å². The van der Waals surface area contributed by atoms with E-state index in [9.17, 15) is 4.79 Å². The lowest BCUT2D eigenvalue weighted by atomic mass is 9.78. The van der Waals surface area contributed by atoms with Crippen LogP contribution < -0.4 is 9.47 Å². The molecule has 1 aliphatic carbocycles. The van der Waals surface area contributed by atoms with Crippen LogP contribution in [0.5, 0.6) is 11.5 Å². The number of benzene rings is 1. The van der Waals surface area contributed by atoms with Crippen molar-refractivity contribution < 1.29 is 19.0 Å². The molecule has 1 aliphatic rings. The molecule has 0 bridgehead atoms. The number of ketones is 1. The average molecular weight is 292 g/mol. The Morgan fingerprint density at radius 2 is 1.81 bits per heavy atom. The van der Waals surface area contributed by atoms with Crippen molar-refractivity contribution in [2.75, 3.05) is 20.8 Å².